The molecule has 1 aliphatic rings. The maximum absolute atomic E-state index is 12.5. The van der Waals surface area contributed by atoms with Crippen molar-refractivity contribution in [2.24, 2.45) is 5.92 Å². The van der Waals surface area contributed by atoms with Crippen LogP contribution in [-0.2, 0) is 0 Å². The standard InChI is InChI=1S/C16H25N3O/c1-12(2)18-10-14-5-4-8-19(11-14)16(20)15-6-7-17-13(3)9-15/h6-7,9,12,14,18H,4-5,8,10-11H2,1-3H3. The molecule has 0 aliphatic carbocycles. The molecule has 2 rings (SSSR count). The van der Waals surface area contributed by atoms with E-state index in [4.69, 9.17) is 0 Å². The Morgan fingerprint density at radius 1 is 1.55 bits per heavy atom. The number of amides is 1. The topological polar surface area (TPSA) is 45.2 Å². The zero-order valence-corrected chi connectivity index (χ0v) is 12.7. The molecule has 1 atom stereocenters. The maximum atomic E-state index is 12.5. The highest BCUT2D eigenvalue weighted by Gasteiger charge is 2.24. The van der Waals surface area contributed by atoms with E-state index in [1.165, 1.54) is 6.42 Å². The van der Waals surface area contributed by atoms with Crippen molar-refractivity contribution in [3.63, 3.8) is 0 Å². The van der Waals surface area contributed by atoms with Gasteiger partial charge in [-0.2, -0.15) is 0 Å². The molecule has 110 valence electrons. The van der Waals surface area contributed by atoms with Crippen molar-refractivity contribution < 1.29 is 4.79 Å². The highest BCUT2D eigenvalue weighted by atomic mass is 16.2. The molecule has 1 fully saturated rings. The van der Waals surface area contributed by atoms with Gasteiger partial charge in [-0.3, -0.25) is 9.78 Å². The van der Waals surface area contributed by atoms with Gasteiger partial charge in [0, 0.05) is 36.6 Å². The molecule has 1 aromatic rings. The molecule has 1 aliphatic heterocycles. The van der Waals surface area contributed by atoms with Gasteiger partial charge in [0.1, 0.15) is 0 Å². The normalized spacial score (nSPS) is 19.4. The average molecular weight is 275 g/mol. The zero-order chi connectivity index (χ0) is 14.5. The van der Waals surface area contributed by atoms with E-state index in [0.717, 1.165) is 37.3 Å². The number of nitrogens with one attached hydrogen (secondary N) is 1. The zero-order valence-electron chi connectivity index (χ0n) is 12.7. The van der Waals surface area contributed by atoms with E-state index in [-0.39, 0.29) is 5.91 Å². The fourth-order valence-electron chi connectivity index (χ4n) is 2.68. The van der Waals surface area contributed by atoms with Gasteiger partial charge in [0.25, 0.3) is 5.91 Å². The van der Waals surface area contributed by atoms with E-state index >= 15 is 0 Å². The number of piperidine rings is 1. The predicted molar refractivity (Wildman–Crippen MR) is 80.7 cm³/mol. The summed E-state index contributed by atoms with van der Waals surface area (Å²) in [5, 5.41) is 3.48. The number of rotatable bonds is 4. The smallest absolute Gasteiger partial charge is 0.253 e. The van der Waals surface area contributed by atoms with Gasteiger partial charge in [-0.05, 0) is 44.4 Å². The summed E-state index contributed by atoms with van der Waals surface area (Å²) in [6.45, 7) is 8.97. The Morgan fingerprint density at radius 2 is 2.35 bits per heavy atom. The number of likely N-dealkylation sites (tertiary alicyclic amines) is 1. The number of hydrogen-bond donors (Lipinski definition) is 1. The minimum absolute atomic E-state index is 0.143. The van der Waals surface area contributed by atoms with E-state index in [2.05, 4.69) is 24.1 Å². The molecule has 1 saturated heterocycles. The van der Waals surface area contributed by atoms with Crippen LogP contribution in [0, 0.1) is 12.8 Å². The third-order valence-electron chi connectivity index (χ3n) is 3.76. The molecule has 1 N–H and O–H groups in total. The van der Waals surface area contributed by atoms with Gasteiger partial charge >= 0.3 is 0 Å². The number of hydrogen-bond acceptors (Lipinski definition) is 3. The fraction of sp³-hybridized carbons (Fsp3) is 0.625. The molecule has 0 saturated carbocycles. The van der Waals surface area contributed by atoms with Gasteiger partial charge in [0.05, 0.1) is 0 Å². The average Bonchev–Trinajstić information content (AvgIpc) is 2.44. The summed E-state index contributed by atoms with van der Waals surface area (Å²) in [7, 11) is 0. The minimum Gasteiger partial charge on any atom is -0.338 e. The Bertz CT molecular complexity index is 459. The first kappa shape index (κ1) is 15.0. The Morgan fingerprint density at radius 3 is 3.05 bits per heavy atom. The number of nitrogens with zero attached hydrogens (tertiary/aromatic N) is 2. The molecule has 4 heteroatoms. The Balaban J connectivity index is 1.96. The first-order valence-electron chi connectivity index (χ1n) is 7.51. The van der Waals surface area contributed by atoms with Crippen LogP contribution in [0.4, 0.5) is 0 Å². The third-order valence-corrected chi connectivity index (χ3v) is 3.76. The quantitative estimate of drug-likeness (QED) is 0.916. The van der Waals surface area contributed by atoms with Crippen LogP contribution < -0.4 is 5.32 Å². The lowest BCUT2D eigenvalue weighted by atomic mass is 9.97. The molecule has 1 amide bonds. The van der Waals surface area contributed by atoms with Gasteiger partial charge in [-0.1, -0.05) is 13.8 Å². The minimum atomic E-state index is 0.143. The van der Waals surface area contributed by atoms with E-state index in [0.29, 0.717) is 12.0 Å². The van der Waals surface area contributed by atoms with Crippen molar-refractivity contribution in [3.8, 4) is 0 Å². The molecule has 0 spiro atoms. The van der Waals surface area contributed by atoms with Gasteiger partial charge in [0.15, 0.2) is 0 Å². The molecular weight excluding hydrogens is 250 g/mol. The Hall–Kier alpha value is -1.42. The molecule has 20 heavy (non-hydrogen) atoms. The lowest BCUT2D eigenvalue weighted by Crippen LogP contribution is -2.43. The summed E-state index contributed by atoms with van der Waals surface area (Å²) in [5.41, 5.74) is 1.65. The molecule has 4 nitrogen and oxygen atoms in total. The second kappa shape index (κ2) is 6.84. The van der Waals surface area contributed by atoms with Crippen LogP contribution in [0.2, 0.25) is 0 Å². The van der Waals surface area contributed by atoms with Crippen LogP contribution in [0.15, 0.2) is 18.3 Å². The van der Waals surface area contributed by atoms with Gasteiger partial charge in [-0.15, -0.1) is 0 Å². The number of carbonyl (C=O) groups excluding carboxylic acids is 1. The maximum Gasteiger partial charge on any atom is 0.253 e. The Kier molecular flexibility index (Phi) is 5.12. The van der Waals surface area contributed by atoms with Crippen molar-refractivity contribution in [3.05, 3.63) is 29.6 Å². The summed E-state index contributed by atoms with van der Waals surface area (Å²) < 4.78 is 0. The highest BCUT2D eigenvalue weighted by molar-refractivity contribution is 5.94. The summed E-state index contributed by atoms with van der Waals surface area (Å²) >= 11 is 0. The molecule has 0 aromatic carbocycles. The molecule has 0 bridgehead atoms. The number of aryl methyl sites for hydroxylation is 1. The van der Waals surface area contributed by atoms with Crippen LogP contribution in [0.3, 0.4) is 0 Å². The molecular formula is C16H25N3O. The second-order valence-corrected chi connectivity index (χ2v) is 6.01. The van der Waals surface area contributed by atoms with Crippen LogP contribution in [0.5, 0.6) is 0 Å². The van der Waals surface area contributed by atoms with Crippen molar-refractivity contribution in [2.75, 3.05) is 19.6 Å². The third kappa shape index (κ3) is 4.04. The molecule has 1 unspecified atom stereocenters. The number of aromatic nitrogens is 1. The van der Waals surface area contributed by atoms with E-state index in [1.54, 1.807) is 6.20 Å². The SMILES string of the molecule is Cc1cc(C(=O)N2CCCC(CNC(C)C)C2)ccn1. The van der Waals surface area contributed by atoms with Crippen molar-refractivity contribution in [1.82, 2.24) is 15.2 Å². The van der Waals surface area contributed by atoms with Crippen LogP contribution in [0.1, 0.15) is 42.7 Å². The van der Waals surface area contributed by atoms with Crippen LogP contribution >= 0.6 is 0 Å². The monoisotopic (exact) mass is 275 g/mol. The van der Waals surface area contributed by atoms with Crippen molar-refractivity contribution in [1.29, 1.82) is 0 Å². The summed E-state index contributed by atoms with van der Waals surface area (Å²) in [6.07, 6.45) is 4.02. The lowest BCUT2D eigenvalue weighted by molar-refractivity contribution is 0.0672. The van der Waals surface area contributed by atoms with E-state index in [9.17, 15) is 4.79 Å². The van der Waals surface area contributed by atoms with Crippen molar-refractivity contribution >= 4 is 5.91 Å². The molecule has 1 aromatic heterocycles. The summed E-state index contributed by atoms with van der Waals surface area (Å²) in [4.78, 5) is 18.7. The number of carbonyl (C=O) groups is 1. The summed E-state index contributed by atoms with van der Waals surface area (Å²) in [6, 6.07) is 4.19. The van der Waals surface area contributed by atoms with Crippen LogP contribution in [0.25, 0.3) is 0 Å². The largest absolute Gasteiger partial charge is 0.338 e. The highest BCUT2D eigenvalue weighted by Crippen LogP contribution is 2.18. The van der Waals surface area contributed by atoms with E-state index in [1.807, 2.05) is 24.0 Å². The van der Waals surface area contributed by atoms with Crippen LogP contribution in [-0.4, -0.2) is 41.5 Å². The molecule has 2 heterocycles. The number of pyridine rings is 1. The first-order chi connectivity index (χ1) is 9.56. The first-order valence-corrected chi connectivity index (χ1v) is 7.51. The van der Waals surface area contributed by atoms with Gasteiger partial charge in [0.2, 0.25) is 0 Å². The van der Waals surface area contributed by atoms with Crippen molar-refractivity contribution in [2.45, 2.75) is 39.7 Å². The van der Waals surface area contributed by atoms with E-state index < -0.39 is 0 Å². The Labute approximate surface area is 121 Å². The molecule has 0 radical (unpaired) electrons. The fourth-order valence-corrected chi connectivity index (χ4v) is 2.68. The lowest BCUT2D eigenvalue weighted by Gasteiger charge is -2.33. The summed E-state index contributed by atoms with van der Waals surface area (Å²) in [5.74, 6) is 0.711. The van der Waals surface area contributed by atoms with Gasteiger partial charge in [-0.25, -0.2) is 0 Å². The van der Waals surface area contributed by atoms with Gasteiger partial charge < -0.3 is 10.2 Å². The predicted octanol–water partition coefficient (Wildman–Crippen LogP) is 2.24. The second-order valence-electron chi connectivity index (χ2n) is 6.01.